The highest BCUT2D eigenvalue weighted by atomic mass is 19.1. The van der Waals surface area contributed by atoms with Crippen LogP contribution in [0, 0.1) is 11.6 Å². The van der Waals surface area contributed by atoms with E-state index in [4.69, 9.17) is 0 Å². The van der Waals surface area contributed by atoms with E-state index in [2.05, 4.69) is 5.32 Å². The number of benzene rings is 3. The van der Waals surface area contributed by atoms with Gasteiger partial charge in [-0.3, -0.25) is 14.5 Å². The van der Waals surface area contributed by atoms with Crippen molar-refractivity contribution >= 4 is 34.0 Å². The van der Waals surface area contributed by atoms with Gasteiger partial charge in [-0.25, -0.2) is 8.78 Å². The Bertz CT molecular complexity index is 1030. The molecule has 124 valence electrons. The van der Waals surface area contributed by atoms with Gasteiger partial charge in [0, 0.05) is 17.0 Å². The van der Waals surface area contributed by atoms with Crippen molar-refractivity contribution in [2.24, 2.45) is 0 Å². The first-order chi connectivity index (χ1) is 12.0. The molecule has 0 radical (unpaired) electrons. The van der Waals surface area contributed by atoms with E-state index in [-0.39, 0.29) is 18.1 Å². The summed E-state index contributed by atoms with van der Waals surface area (Å²) in [6, 6.07) is 13.8. The number of carbonyl (C=O) groups excluding carboxylic acids is 2. The molecular formula is C19H12F2N2O2. The van der Waals surface area contributed by atoms with Gasteiger partial charge in [-0.05, 0) is 29.7 Å². The third-order valence-corrected chi connectivity index (χ3v) is 4.16. The Kier molecular flexibility index (Phi) is 3.46. The van der Waals surface area contributed by atoms with Gasteiger partial charge in [0.2, 0.25) is 5.91 Å². The second-order valence-corrected chi connectivity index (χ2v) is 5.74. The number of halogens is 2. The van der Waals surface area contributed by atoms with Crippen LogP contribution in [0.15, 0.2) is 54.6 Å². The molecule has 6 heteroatoms. The van der Waals surface area contributed by atoms with Gasteiger partial charge in [0.25, 0.3) is 5.91 Å². The Morgan fingerprint density at radius 1 is 1.04 bits per heavy atom. The number of hydrogen-bond donors (Lipinski definition) is 1. The molecule has 1 aliphatic rings. The second-order valence-electron chi connectivity index (χ2n) is 5.74. The maximum atomic E-state index is 13.7. The Balaban J connectivity index is 1.61. The van der Waals surface area contributed by atoms with Crippen molar-refractivity contribution in [1.82, 2.24) is 0 Å². The van der Waals surface area contributed by atoms with Crippen LogP contribution >= 0.6 is 0 Å². The van der Waals surface area contributed by atoms with Crippen molar-refractivity contribution in [1.29, 1.82) is 0 Å². The number of carbonyl (C=O) groups is 2. The predicted molar refractivity (Wildman–Crippen MR) is 90.6 cm³/mol. The maximum absolute atomic E-state index is 13.7. The fraction of sp³-hybridized carbons (Fsp3) is 0.0526. The summed E-state index contributed by atoms with van der Waals surface area (Å²) >= 11 is 0. The van der Waals surface area contributed by atoms with Crippen LogP contribution in [0.25, 0.3) is 10.8 Å². The van der Waals surface area contributed by atoms with Gasteiger partial charge in [-0.15, -0.1) is 0 Å². The summed E-state index contributed by atoms with van der Waals surface area (Å²) in [4.78, 5) is 26.2. The molecule has 0 saturated heterocycles. The average Bonchev–Trinajstić information content (AvgIpc) is 2.86. The molecule has 0 aromatic heterocycles. The molecule has 1 aliphatic heterocycles. The van der Waals surface area contributed by atoms with Gasteiger partial charge in [0.05, 0.1) is 11.4 Å². The molecule has 0 spiro atoms. The zero-order valence-corrected chi connectivity index (χ0v) is 12.9. The molecule has 0 fully saturated rings. The Hall–Kier alpha value is -3.28. The van der Waals surface area contributed by atoms with Crippen LogP contribution in [0.2, 0.25) is 0 Å². The molecule has 3 aromatic carbocycles. The number of anilines is 2. The van der Waals surface area contributed by atoms with Gasteiger partial charge in [0.15, 0.2) is 0 Å². The summed E-state index contributed by atoms with van der Waals surface area (Å²) in [5, 5.41) is 4.08. The van der Waals surface area contributed by atoms with Crippen molar-refractivity contribution in [3.63, 3.8) is 0 Å². The van der Waals surface area contributed by atoms with Crippen LogP contribution in [0.3, 0.4) is 0 Å². The van der Waals surface area contributed by atoms with Crippen molar-refractivity contribution in [3.8, 4) is 0 Å². The molecule has 1 heterocycles. The van der Waals surface area contributed by atoms with Crippen LogP contribution in [0.4, 0.5) is 20.2 Å². The lowest BCUT2D eigenvalue weighted by molar-refractivity contribution is -0.114. The summed E-state index contributed by atoms with van der Waals surface area (Å²) in [6.45, 7) is -0.260. The third kappa shape index (κ3) is 2.52. The van der Waals surface area contributed by atoms with Crippen molar-refractivity contribution in [2.75, 3.05) is 16.8 Å². The fourth-order valence-corrected chi connectivity index (χ4v) is 3.06. The largest absolute Gasteiger partial charge is 0.322 e. The normalized spacial score (nSPS) is 12.7. The molecule has 0 aliphatic carbocycles. The number of nitrogens with zero attached hydrogens (tertiary/aromatic N) is 1. The molecule has 0 unspecified atom stereocenters. The quantitative estimate of drug-likeness (QED) is 0.791. The summed E-state index contributed by atoms with van der Waals surface area (Å²) < 4.78 is 26.6. The van der Waals surface area contributed by atoms with Crippen LogP contribution in [0.1, 0.15) is 10.4 Å². The average molecular weight is 338 g/mol. The van der Waals surface area contributed by atoms with Gasteiger partial charge in [0.1, 0.15) is 18.2 Å². The van der Waals surface area contributed by atoms with E-state index in [0.29, 0.717) is 17.3 Å². The maximum Gasteiger partial charge on any atom is 0.259 e. The summed E-state index contributed by atoms with van der Waals surface area (Å²) in [7, 11) is 0. The number of amides is 2. The molecule has 4 rings (SSSR count). The highest BCUT2D eigenvalue weighted by Crippen LogP contribution is 2.36. The molecule has 3 aromatic rings. The molecule has 25 heavy (non-hydrogen) atoms. The second kappa shape index (κ2) is 5.66. The molecule has 0 saturated carbocycles. The Labute approximate surface area is 141 Å². The van der Waals surface area contributed by atoms with Crippen LogP contribution in [-0.2, 0) is 4.79 Å². The summed E-state index contributed by atoms with van der Waals surface area (Å²) in [5.41, 5.74) is 1.05. The van der Waals surface area contributed by atoms with Gasteiger partial charge in [-0.2, -0.15) is 0 Å². The molecule has 0 bridgehead atoms. The molecule has 4 nitrogen and oxygen atoms in total. The van der Waals surface area contributed by atoms with Crippen LogP contribution in [0.5, 0.6) is 0 Å². The number of hydrogen-bond acceptors (Lipinski definition) is 2. The van der Waals surface area contributed by atoms with Gasteiger partial charge < -0.3 is 5.32 Å². The first-order valence-electron chi connectivity index (χ1n) is 7.63. The highest BCUT2D eigenvalue weighted by molar-refractivity contribution is 6.26. The lowest BCUT2D eigenvalue weighted by Crippen LogP contribution is -2.35. The van der Waals surface area contributed by atoms with E-state index < -0.39 is 17.5 Å². The molecular weight excluding hydrogens is 326 g/mol. The highest BCUT2D eigenvalue weighted by Gasteiger charge is 2.30. The SMILES string of the molecule is O=C(CN1C(=O)c2cccc3cccc1c23)Nc1ccc(F)cc1F. The number of nitrogens with one attached hydrogen (secondary N) is 1. The monoisotopic (exact) mass is 338 g/mol. The topological polar surface area (TPSA) is 49.4 Å². The van der Waals surface area contributed by atoms with E-state index >= 15 is 0 Å². The van der Waals surface area contributed by atoms with E-state index in [1.54, 1.807) is 18.2 Å². The van der Waals surface area contributed by atoms with E-state index in [1.165, 1.54) is 4.90 Å². The van der Waals surface area contributed by atoms with E-state index in [0.717, 1.165) is 22.9 Å². The van der Waals surface area contributed by atoms with Gasteiger partial charge >= 0.3 is 0 Å². The third-order valence-electron chi connectivity index (χ3n) is 4.16. The summed E-state index contributed by atoms with van der Waals surface area (Å²) in [5.74, 6) is -2.44. The first kappa shape index (κ1) is 15.3. The van der Waals surface area contributed by atoms with Crippen molar-refractivity contribution < 1.29 is 18.4 Å². The lowest BCUT2D eigenvalue weighted by Gasteiger charge is -2.17. The zero-order valence-electron chi connectivity index (χ0n) is 12.9. The molecule has 2 amide bonds. The predicted octanol–water partition coefficient (Wildman–Crippen LogP) is 3.72. The minimum atomic E-state index is -0.869. The first-order valence-corrected chi connectivity index (χ1v) is 7.63. The van der Waals surface area contributed by atoms with Gasteiger partial charge in [-0.1, -0.05) is 24.3 Å². The van der Waals surface area contributed by atoms with Crippen molar-refractivity contribution in [3.05, 3.63) is 71.8 Å². The fourth-order valence-electron chi connectivity index (χ4n) is 3.06. The minimum absolute atomic E-state index is 0.131. The molecule has 1 N–H and O–H groups in total. The van der Waals surface area contributed by atoms with Crippen molar-refractivity contribution in [2.45, 2.75) is 0 Å². The molecule has 0 atom stereocenters. The number of rotatable bonds is 3. The smallest absolute Gasteiger partial charge is 0.259 e. The minimum Gasteiger partial charge on any atom is -0.322 e. The standard InChI is InChI=1S/C19H12F2N2O2/c20-12-7-8-15(14(21)9-12)22-17(24)10-23-16-6-2-4-11-3-1-5-13(18(11)16)19(23)25/h1-9H,10H2,(H,22,24). The Morgan fingerprint density at radius 2 is 1.80 bits per heavy atom. The summed E-state index contributed by atoms with van der Waals surface area (Å²) in [6.07, 6.45) is 0. The zero-order chi connectivity index (χ0) is 17.6. The van der Waals surface area contributed by atoms with E-state index in [9.17, 15) is 18.4 Å². The van der Waals surface area contributed by atoms with Crippen LogP contribution < -0.4 is 10.2 Å². The lowest BCUT2D eigenvalue weighted by atomic mass is 10.1. The Morgan fingerprint density at radius 3 is 2.56 bits per heavy atom. The van der Waals surface area contributed by atoms with Crippen LogP contribution in [-0.4, -0.2) is 18.4 Å². The van der Waals surface area contributed by atoms with E-state index in [1.807, 2.05) is 18.2 Å².